The van der Waals surface area contributed by atoms with E-state index in [9.17, 15) is 13.2 Å². The standard InChI is InChI=1S/C19H19Cl2NO4S/c20-16-5-7-17(8-6-16)27(24,25)22-11-9-14(10-12-22)19(23)26-13-15-3-1-2-4-18(15)21/h1-8,14H,9-13H2. The van der Waals surface area contributed by atoms with Crippen LogP contribution in [-0.2, 0) is 26.2 Å². The van der Waals surface area contributed by atoms with E-state index < -0.39 is 10.0 Å². The lowest BCUT2D eigenvalue weighted by Crippen LogP contribution is -2.40. The summed E-state index contributed by atoms with van der Waals surface area (Å²) < 4.78 is 32.1. The lowest BCUT2D eigenvalue weighted by molar-refractivity contribution is -0.151. The molecule has 0 aromatic heterocycles. The van der Waals surface area contributed by atoms with Crippen LogP contribution in [0.25, 0.3) is 0 Å². The second-order valence-corrected chi connectivity index (χ2v) is 9.11. The Morgan fingerprint density at radius 1 is 1.04 bits per heavy atom. The predicted octanol–water partition coefficient (Wildman–Crippen LogP) is 4.14. The molecule has 0 spiro atoms. The average molecular weight is 428 g/mol. The first-order chi connectivity index (χ1) is 12.9. The van der Waals surface area contributed by atoms with Crippen LogP contribution in [0.3, 0.4) is 0 Å². The minimum absolute atomic E-state index is 0.113. The molecule has 0 aliphatic carbocycles. The van der Waals surface area contributed by atoms with Crippen LogP contribution in [0.1, 0.15) is 18.4 Å². The van der Waals surface area contributed by atoms with Gasteiger partial charge in [-0.05, 0) is 43.2 Å². The summed E-state index contributed by atoms with van der Waals surface area (Å²) in [6.07, 6.45) is 0.850. The summed E-state index contributed by atoms with van der Waals surface area (Å²) in [5.41, 5.74) is 0.746. The molecule has 1 heterocycles. The summed E-state index contributed by atoms with van der Waals surface area (Å²) in [5, 5.41) is 1.03. The van der Waals surface area contributed by atoms with E-state index in [0.29, 0.717) is 22.9 Å². The van der Waals surface area contributed by atoms with Gasteiger partial charge in [0.2, 0.25) is 10.0 Å². The van der Waals surface area contributed by atoms with Gasteiger partial charge >= 0.3 is 5.97 Å². The van der Waals surface area contributed by atoms with E-state index >= 15 is 0 Å². The molecule has 0 unspecified atom stereocenters. The van der Waals surface area contributed by atoms with E-state index in [1.807, 2.05) is 12.1 Å². The number of hydrogen-bond donors (Lipinski definition) is 0. The molecule has 3 rings (SSSR count). The molecule has 144 valence electrons. The van der Waals surface area contributed by atoms with Gasteiger partial charge in [-0.25, -0.2) is 8.42 Å². The van der Waals surface area contributed by atoms with Gasteiger partial charge in [-0.2, -0.15) is 4.31 Å². The fraction of sp³-hybridized carbons (Fsp3) is 0.316. The van der Waals surface area contributed by atoms with Crippen LogP contribution >= 0.6 is 23.2 Å². The number of sulfonamides is 1. The number of piperidine rings is 1. The molecule has 0 radical (unpaired) electrons. The molecule has 27 heavy (non-hydrogen) atoms. The molecule has 1 aliphatic rings. The Morgan fingerprint density at radius 3 is 2.30 bits per heavy atom. The number of carbonyl (C=O) groups excluding carboxylic acids is 1. The normalized spacial score (nSPS) is 16.2. The average Bonchev–Trinajstić information content (AvgIpc) is 2.67. The number of nitrogens with zero attached hydrogens (tertiary/aromatic N) is 1. The van der Waals surface area contributed by atoms with Gasteiger partial charge in [-0.15, -0.1) is 0 Å². The smallest absolute Gasteiger partial charge is 0.309 e. The fourth-order valence-electron chi connectivity index (χ4n) is 2.97. The molecule has 0 saturated carbocycles. The number of rotatable bonds is 5. The van der Waals surface area contributed by atoms with Crippen LogP contribution in [0.2, 0.25) is 10.0 Å². The number of halogens is 2. The van der Waals surface area contributed by atoms with E-state index in [1.54, 1.807) is 24.3 Å². The fourth-order valence-corrected chi connectivity index (χ4v) is 4.76. The first-order valence-corrected chi connectivity index (χ1v) is 10.7. The van der Waals surface area contributed by atoms with Crippen molar-refractivity contribution >= 4 is 39.2 Å². The van der Waals surface area contributed by atoms with E-state index in [4.69, 9.17) is 27.9 Å². The Bertz CT molecular complexity index is 908. The minimum Gasteiger partial charge on any atom is -0.461 e. The minimum atomic E-state index is -3.58. The van der Waals surface area contributed by atoms with Crippen LogP contribution in [0.5, 0.6) is 0 Å². The second kappa shape index (κ2) is 8.61. The van der Waals surface area contributed by atoms with E-state index in [0.717, 1.165) is 5.56 Å². The maximum Gasteiger partial charge on any atom is 0.309 e. The van der Waals surface area contributed by atoms with Gasteiger partial charge in [-0.3, -0.25) is 4.79 Å². The van der Waals surface area contributed by atoms with Crippen LogP contribution in [-0.4, -0.2) is 31.8 Å². The molecular formula is C19H19Cl2NO4S. The van der Waals surface area contributed by atoms with Crippen molar-refractivity contribution < 1.29 is 17.9 Å². The largest absolute Gasteiger partial charge is 0.461 e. The molecule has 2 aromatic rings. The SMILES string of the molecule is O=C(OCc1ccccc1Cl)C1CCN(S(=O)(=O)c2ccc(Cl)cc2)CC1. The zero-order chi connectivity index (χ0) is 19.4. The molecule has 0 N–H and O–H groups in total. The molecule has 1 fully saturated rings. The van der Waals surface area contributed by atoms with E-state index in [1.165, 1.54) is 16.4 Å². The van der Waals surface area contributed by atoms with Crippen molar-refractivity contribution in [2.45, 2.75) is 24.3 Å². The first kappa shape index (κ1) is 20.1. The van der Waals surface area contributed by atoms with Crippen LogP contribution < -0.4 is 0 Å². The summed E-state index contributed by atoms with van der Waals surface area (Å²) in [6, 6.07) is 13.3. The van der Waals surface area contributed by atoms with Crippen molar-refractivity contribution in [1.82, 2.24) is 4.31 Å². The number of hydrogen-bond acceptors (Lipinski definition) is 4. The topological polar surface area (TPSA) is 63.7 Å². The Morgan fingerprint density at radius 2 is 1.67 bits per heavy atom. The Hall–Kier alpha value is -1.60. The molecule has 2 aromatic carbocycles. The zero-order valence-corrected chi connectivity index (χ0v) is 16.8. The van der Waals surface area contributed by atoms with Crippen molar-refractivity contribution in [3.63, 3.8) is 0 Å². The maximum atomic E-state index is 12.7. The molecule has 1 aliphatic heterocycles. The molecule has 0 atom stereocenters. The third-order valence-corrected chi connectivity index (χ3v) is 7.10. The van der Waals surface area contributed by atoms with Crippen molar-refractivity contribution in [2.75, 3.05) is 13.1 Å². The summed E-state index contributed by atoms with van der Waals surface area (Å²) in [6.45, 7) is 0.662. The van der Waals surface area contributed by atoms with Crippen molar-refractivity contribution in [3.05, 3.63) is 64.1 Å². The van der Waals surface area contributed by atoms with Gasteiger partial charge in [0.25, 0.3) is 0 Å². The summed E-state index contributed by atoms with van der Waals surface area (Å²) in [5.74, 6) is -0.636. The predicted molar refractivity (Wildman–Crippen MR) is 104 cm³/mol. The molecular weight excluding hydrogens is 409 g/mol. The summed E-state index contributed by atoms with van der Waals surface area (Å²) in [4.78, 5) is 12.5. The Kier molecular flexibility index (Phi) is 6.42. The number of carbonyl (C=O) groups is 1. The van der Waals surface area contributed by atoms with Gasteiger partial charge in [-0.1, -0.05) is 41.4 Å². The van der Waals surface area contributed by atoms with E-state index in [-0.39, 0.29) is 36.5 Å². The third-order valence-electron chi connectivity index (χ3n) is 4.57. The van der Waals surface area contributed by atoms with Crippen LogP contribution in [0, 0.1) is 5.92 Å². The highest BCUT2D eigenvalue weighted by atomic mass is 35.5. The third kappa shape index (κ3) is 4.82. The molecule has 0 amide bonds. The van der Waals surface area contributed by atoms with Crippen LogP contribution in [0.4, 0.5) is 0 Å². The van der Waals surface area contributed by atoms with Crippen LogP contribution in [0.15, 0.2) is 53.4 Å². The Balaban J connectivity index is 1.56. The first-order valence-electron chi connectivity index (χ1n) is 8.53. The number of esters is 1. The maximum absolute atomic E-state index is 12.7. The lowest BCUT2D eigenvalue weighted by Gasteiger charge is -2.30. The van der Waals surface area contributed by atoms with Gasteiger partial charge in [0.1, 0.15) is 6.61 Å². The van der Waals surface area contributed by atoms with E-state index in [2.05, 4.69) is 0 Å². The second-order valence-electron chi connectivity index (χ2n) is 6.33. The summed E-state index contributed by atoms with van der Waals surface area (Å²) in [7, 11) is -3.58. The quantitative estimate of drug-likeness (QED) is 0.672. The molecule has 8 heteroatoms. The van der Waals surface area contributed by atoms with Gasteiger partial charge in [0, 0.05) is 28.7 Å². The zero-order valence-electron chi connectivity index (χ0n) is 14.5. The molecule has 1 saturated heterocycles. The highest BCUT2D eigenvalue weighted by Gasteiger charge is 2.32. The number of benzene rings is 2. The highest BCUT2D eigenvalue weighted by molar-refractivity contribution is 7.89. The van der Waals surface area contributed by atoms with Crippen molar-refractivity contribution in [2.24, 2.45) is 5.92 Å². The van der Waals surface area contributed by atoms with Gasteiger partial charge < -0.3 is 4.74 Å². The lowest BCUT2D eigenvalue weighted by atomic mass is 9.98. The van der Waals surface area contributed by atoms with Crippen molar-refractivity contribution in [3.8, 4) is 0 Å². The Labute approximate surface area is 168 Å². The van der Waals surface area contributed by atoms with Crippen molar-refractivity contribution in [1.29, 1.82) is 0 Å². The highest BCUT2D eigenvalue weighted by Crippen LogP contribution is 2.26. The molecule has 5 nitrogen and oxygen atoms in total. The van der Waals surface area contributed by atoms with Gasteiger partial charge in [0.05, 0.1) is 10.8 Å². The van der Waals surface area contributed by atoms with Gasteiger partial charge in [0.15, 0.2) is 0 Å². The summed E-state index contributed by atoms with van der Waals surface area (Å²) >= 11 is 11.9. The number of ether oxygens (including phenoxy) is 1. The monoisotopic (exact) mass is 427 g/mol. The molecule has 0 bridgehead atoms.